The number of nitrogens with one attached hydrogen (secondary N) is 1. The van der Waals surface area contributed by atoms with Crippen LogP contribution in [0.1, 0.15) is 23.2 Å². The summed E-state index contributed by atoms with van der Waals surface area (Å²) in [5, 5.41) is 14.6. The minimum atomic E-state index is -0.428. The Morgan fingerprint density at radius 1 is 1.11 bits per heavy atom. The molecule has 2 fully saturated rings. The summed E-state index contributed by atoms with van der Waals surface area (Å²) in [4.78, 5) is 31.8. The molecule has 0 radical (unpaired) electrons. The van der Waals surface area contributed by atoms with E-state index in [4.69, 9.17) is 0 Å². The van der Waals surface area contributed by atoms with E-state index in [1.165, 1.54) is 6.07 Å². The van der Waals surface area contributed by atoms with E-state index in [-0.39, 0.29) is 11.6 Å². The Kier molecular flexibility index (Phi) is 4.62. The smallest absolute Gasteiger partial charge is 0.293 e. The summed E-state index contributed by atoms with van der Waals surface area (Å²) in [5.74, 6) is -0.162. The summed E-state index contributed by atoms with van der Waals surface area (Å²) < 4.78 is 0. The molecule has 0 spiro atoms. The van der Waals surface area contributed by atoms with Crippen LogP contribution in [0, 0.1) is 10.1 Å². The number of carbonyl (C=O) groups is 1. The molecule has 1 N–H and O–H groups in total. The summed E-state index contributed by atoms with van der Waals surface area (Å²) in [6.45, 7) is 2.60. The number of hydrogen-bond acceptors (Lipinski definition) is 6. The molecule has 8 nitrogen and oxygen atoms in total. The summed E-state index contributed by atoms with van der Waals surface area (Å²) in [6.07, 6.45) is 5.56. The van der Waals surface area contributed by atoms with Gasteiger partial charge in [-0.2, -0.15) is 0 Å². The molecule has 2 aliphatic rings. The number of amides is 1. The van der Waals surface area contributed by atoms with Crippen LogP contribution in [0.25, 0.3) is 0 Å². The number of aromatic nitrogens is 1. The summed E-state index contributed by atoms with van der Waals surface area (Å²) in [7, 11) is 0. The second-order valence-electron chi connectivity index (χ2n) is 6.89. The monoisotopic (exact) mass is 367 g/mol. The lowest BCUT2D eigenvalue weighted by molar-refractivity contribution is -0.384. The average molecular weight is 367 g/mol. The van der Waals surface area contributed by atoms with Crippen molar-refractivity contribution >= 4 is 23.0 Å². The van der Waals surface area contributed by atoms with E-state index in [2.05, 4.69) is 15.2 Å². The number of nitro groups is 1. The number of anilines is 2. The fourth-order valence-corrected chi connectivity index (χ4v) is 3.29. The van der Waals surface area contributed by atoms with Gasteiger partial charge in [-0.05, 0) is 37.1 Å². The lowest BCUT2D eigenvalue weighted by Gasteiger charge is -2.36. The Morgan fingerprint density at radius 2 is 1.81 bits per heavy atom. The predicted molar refractivity (Wildman–Crippen MR) is 102 cm³/mol. The minimum Gasteiger partial charge on any atom is -0.377 e. The third-order valence-electron chi connectivity index (χ3n) is 4.97. The third kappa shape index (κ3) is 3.84. The number of piperazine rings is 1. The lowest BCUT2D eigenvalue weighted by Crippen LogP contribution is -2.48. The maximum atomic E-state index is 12.8. The Morgan fingerprint density at radius 3 is 2.44 bits per heavy atom. The van der Waals surface area contributed by atoms with Crippen LogP contribution in [0.5, 0.6) is 0 Å². The van der Waals surface area contributed by atoms with Crippen molar-refractivity contribution in [2.75, 3.05) is 36.4 Å². The van der Waals surface area contributed by atoms with Crippen molar-refractivity contribution < 1.29 is 9.72 Å². The Bertz CT molecular complexity index is 846. The second kappa shape index (κ2) is 7.22. The number of hydrogen-bond donors (Lipinski definition) is 1. The number of nitro benzene ring substituents is 1. The zero-order chi connectivity index (χ0) is 18.8. The van der Waals surface area contributed by atoms with Gasteiger partial charge >= 0.3 is 0 Å². The molecular weight excluding hydrogens is 346 g/mol. The van der Waals surface area contributed by atoms with Crippen molar-refractivity contribution in [3.63, 3.8) is 0 Å². The van der Waals surface area contributed by atoms with Crippen molar-refractivity contribution in [2.24, 2.45) is 0 Å². The van der Waals surface area contributed by atoms with Gasteiger partial charge in [-0.3, -0.25) is 19.9 Å². The van der Waals surface area contributed by atoms with Crippen LogP contribution in [0.4, 0.5) is 17.1 Å². The first-order valence-electron chi connectivity index (χ1n) is 9.11. The van der Waals surface area contributed by atoms with Gasteiger partial charge in [0.2, 0.25) is 0 Å². The standard InChI is InChI=1S/C19H21N5O3/c25-19(23-11-9-22(10-12-23)16-5-7-20-8-6-16)14-1-4-17(21-15-2-3-15)18(13-14)24(26)27/h1,4-8,13,15,21H,2-3,9-12H2. The van der Waals surface area contributed by atoms with Crippen molar-refractivity contribution in [1.82, 2.24) is 9.88 Å². The molecule has 8 heteroatoms. The van der Waals surface area contributed by atoms with Gasteiger partial charge in [0.15, 0.2) is 0 Å². The van der Waals surface area contributed by atoms with Gasteiger partial charge in [0.1, 0.15) is 5.69 Å². The Balaban J connectivity index is 1.45. The van der Waals surface area contributed by atoms with Crippen LogP contribution in [-0.4, -0.2) is 52.9 Å². The molecule has 1 amide bonds. The van der Waals surface area contributed by atoms with Crippen LogP contribution < -0.4 is 10.2 Å². The van der Waals surface area contributed by atoms with E-state index in [9.17, 15) is 14.9 Å². The third-order valence-corrected chi connectivity index (χ3v) is 4.97. The number of pyridine rings is 1. The molecule has 1 saturated carbocycles. The predicted octanol–water partition coefficient (Wildman–Crippen LogP) is 2.53. The number of nitrogens with zero attached hydrogens (tertiary/aromatic N) is 4. The fourth-order valence-electron chi connectivity index (χ4n) is 3.29. The topological polar surface area (TPSA) is 91.6 Å². The molecule has 2 heterocycles. The first-order chi connectivity index (χ1) is 13.1. The molecule has 4 rings (SSSR count). The van der Waals surface area contributed by atoms with E-state index in [0.717, 1.165) is 31.6 Å². The van der Waals surface area contributed by atoms with Crippen molar-refractivity contribution in [3.05, 3.63) is 58.4 Å². The van der Waals surface area contributed by atoms with Crippen molar-refractivity contribution in [2.45, 2.75) is 18.9 Å². The molecule has 1 aliphatic carbocycles. The zero-order valence-electron chi connectivity index (χ0n) is 14.9. The van der Waals surface area contributed by atoms with Crippen LogP contribution in [0.2, 0.25) is 0 Å². The normalized spacial score (nSPS) is 16.9. The lowest BCUT2D eigenvalue weighted by atomic mass is 10.1. The van der Waals surface area contributed by atoms with Gasteiger partial charge in [0.05, 0.1) is 4.92 Å². The SMILES string of the molecule is O=C(c1ccc(NC2CC2)c([N+](=O)[O-])c1)N1CCN(c2ccncc2)CC1. The number of carbonyl (C=O) groups excluding carboxylic acids is 1. The van der Waals surface area contributed by atoms with E-state index in [1.807, 2.05) is 12.1 Å². The summed E-state index contributed by atoms with van der Waals surface area (Å²) >= 11 is 0. The molecule has 0 bridgehead atoms. The first kappa shape index (κ1) is 17.3. The Labute approximate surface area is 157 Å². The van der Waals surface area contributed by atoms with Gasteiger partial charge in [0, 0.05) is 61.9 Å². The highest BCUT2D eigenvalue weighted by molar-refractivity contribution is 5.96. The van der Waals surface area contributed by atoms with Crippen molar-refractivity contribution in [3.8, 4) is 0 Å². The van der Waals surface area contributed by atoms with E-state index in [1.54, 1.807) is 29.4 Å². The molecule has 0 atom stereocenters. The molecule has 2 aromatic rings. The number of rotatable bonds is 5. The van der Waals surface area contributed by atoms with Crippen LogP contribution in [0.15, 0.2) is 42.7 Å². The van der Waals surface area contributed by atoms with Crippen molar-refractivity contribution in [1.29, 1.82) is 0 Å². The van der Waals surface area contributed by atoms with Gasteiger partial charge in [-0.15, -0.1) is 0 Å². The largest absolute Gasteiger partial charge is 0.377 e. The highest BCUT2D eigenvalue weighted by atomic mass is 16.6. The summed E-state index contributed by atoms with van der Waals surface area (Å²) in [6, 6.07) is 8.93. The molecule has 1 aromatic heterocycles. The fraction of sp³-hybridized carbons (Fsp3) is 0.368. The molecule has 27 heavy (non-hydrogen) atoms. The summed E-state index contributed by atoms with van der Waals surface area (Å²) in [5.41, 5.74) is 1.90. The quantitative estimate of drug-likeness (QED) is 0.645. The van der Waals surface area contributed by atoms with E-state index >= 15 is 0 Å². The van der Waals surface area contributed by atoms with Gasteiger partial charge in [-0.1, -0.05) is 0 Å². The minimum absolute atomic E-state index is 0.0387. The van der Waals surface area contributed by atoms with Gasteiger partial charge < -0.3 is 15.1 Å². The molecule has 140 valence electrons. The maximum Gasteiger partial charge on any atom is 0.293 e. The molecule has 0 unspecified atom stereocenters. The van der Waals surface area contributed by atoms with Gasteiger partial charge in [0.25, 0.3) is 11.6 Å². The molecule has 1 aromatic carbocycles. The molecular formula is C19H21N5O3. The van der Waals surface area contributed by atoms with Crippen LogP contribution >= 0.6 is 0 Å². The number of benzene rings is 1. The molecule has 1 saturated heterocycles. The molecule has 1 aliphatic heterocycles. The maximum absolute atomic E-state index is 12.8. The average Bonchev–Trinajstić information content (AvgIpc) is 3.52. The first-order valence-corrected chi connectivity index (χ1v) is 9.11. The van der Waals surface area contributed by atoms with Gasteiger partial charge in [-0.25, -0.2) is 0 Å². The van der Waals surface area contributed by atoms with Crippen LogP contribution in [-0.2, 0) is 0 Å². The van der Waals surface area contributed by atoms with Crippen LogP contribution in [0.3, 0.4) is 0 Å². The second-order valence-corrected chi connectivity index (χ2v) is 6.89. The zero-order valence-corrected chi connectivity index (χ0v) is 14.9. The highest BCUT2D eigenvalue weighted by Gasteiger charge is 2.27. The van der Waals surface area contributed by atoms with E-state index in [0.29, 0.717) is 30.4 Å². The Hall–Kier alpha value is -3.16. The van der Waals surface area contributed by atoms with E-state index < -0.39 is 4.92 Å². The highest BCUT2D eigenvalue weighted by Crippen LogP contribution is 2.32.